The monoisotopic (exact) mass is 346 g/mol. The molecule has 0 aliphatic heterocycles. The van der Waals surface area contributed by atoms with E-state index in [0.717, 1.165) is 18.7 Å². The minimum atomic E-state index is -0.543. The van der Waals surface area contributed by atoms with Gasteiger partial charge in [-0.3, -0.25) is 0 Å². The fourth-order valence-corrected chi connectivity index (χ4v) is 3.40. The molecule has 0 spiro atoms. The van der Waals surface area contributed by atoms with Gasteiger partial charge in [-0.05, 0) is 43.5 Å². The molecule has 0 saturated heterocycles. The molecule has 0 fully saturated rings. The van der Waals surface area contributed by atoms with Gasteiger partial charge in [0, 0.05) is 9.35 Å². The summed E-state index contributed by atoms with van der Waals surface area (Å²) in [5.41, 5.74) is 0.916. The van der Waals surface area contributed by atoms with Crippen molar-refractivity contribution in [1.82, 2.24) is 0 Å². The number of aliphatic hydroxyl groups is 1. The quantitative estimate of drug-likeness (QED) is 0.855. The fraction of sp³-hybridized carbons (Fsp3) is 0.0909. The third kappa shape index (κ3) is 2.50. The van der Waals surface area contributed by atoms with E-state index in [2.05, 4.69) is 31.9 Å². The van der Waals surface area contributed by atoms with Crippen LogP contribution in [0.25, 0.3) is 0 Å². The van der Waals surface area contributed by atoms with Gasteiger partial charge >= 0.3 is 0 Å². The third-order valence-electron chi connectivity index (χ3n) is 2.05. The molecule has 2 rings (SSSR count). The van der Waals surface area contributed by atoms with Gasteiger partial charge in [0.25, 0.3) is 0 Å². The highest BCUT2D eigenvalue weighted by molar-refractivity contribution is 9.13. The van der Waals surface area contributed by atoms with Gasteiger partial charge in [0.05, 0.1) is 3.79 Å². The normalized spacial score (nSPS) is 12.7. The average Bonchev–Trinajstić information content (AvgIpc) is 2.59. The lowest BCUT2D eigenvalue weighted by Crippen LogP contribution is -1.95. The molecule has 1 heterocycles. The van der Waals surface area contributed by atoms with E-state index in [1.165, 1.54) is 11.3 Å². The second-order valence-electron chi connectivity index (χ2n) is 3.08. The minimum Gasteiger partial charge on any atom is -0.383 e. The van der Waals surface area contributed by atoms with Gasteiger partial charge in [-0.1, -0.05) is 30.3 Å². The molecule has 1 N–H and O–H groups in total. The molecule has 0 radical (unpaired) electrons. The zero-order chi connectivity index (χ0) is 10.8. The van der Waals surface area contributed by atoms with Crippen LogP contribution in [0.5, 0.6) is 0 Å². The number of thiophene rings is 1. The molecule has 0 bridgehead atoms. The summed E-state index contributed by atoms with van der Waals surface area (Å²) in [5, 5.41) is 10.1. The van der Waals surface area contributed by atoms with E-state index in [1.807, 2.05) is 36.4 Å². The lowest BCUT2D eigenvalue weighted by molar-refractivity contribution is 0.224. The van der Waals surface area contributed by atoms with Crippen LogP contribution in [0.15, 0.2) is 44.7 Å². The number of aliphatic hydroxyl groups excluding tert-OH is 1. The van der Waals surface area contributed by atoms with Crippen molar-refractivity contribution in [1.29, 1.82) is 0 Å². The van der Waals surface area contributed by atoms with Crippen molar-refractivity contribution in [2.45, 2.75) is 6.10 Å². The zero-order valence-corrected chi connectivity index (χ0v) is 11.6. The Balaban J connectivity index is 2.32. The highest BCUT2D eigenvalue weighted by Crippen LogP contribution is 2.37. The zero-order valence-electron chi connectivity index (χ0n) is 7.65. The molecular formula is C11H8Br2OS. The Morgan fingerprint density at radius 1 is 1.13 bits per heavy atom. The van der Waals surface area contributed by atoms with Crippen LogP contribution in [-0.4, -0.2) is 5.11 Å². The van der Waals surface area contributed by atoms with Gasteiger partial charge < -0.3 is 5.11 Å². The van der Waals surface area contributed by atoms with Gasteiger partial charge in [0.15, 0.2) is 0 Å². The maximum Gasteiger partial charge on any atom is 0.113 e. The molecule has 4 heteroatoms. The van der Waals surface area contributed by atoms with Gasteiger partial charge in [-0.2, -0.15) is 0 Å². The molecule has 1 atom stereocenters. The molecule has 0 amide bonds. The lowest BCUT2D eigenvalue weighted by Gasteiger charge is -2.07. The van der Waals surface area contributed by atoms with E-state index >= 15 is 0 Å². The number of rotatable bonds is 2. The number of hydrogen-bond donors (Lipinski definition) is 1. The Kier molecular flexibility index (Phi) is 3.61. The second kappa shape index (κ2) is 4.78. The van der Waals surface area contributed by atoms with Crippen LogP contribution in [0.4, 0.5) is 0 Å². The summed E-state index contributed by atoms with van der Waals surface area (Å²) in [7, 11) is 0. The van der Waals surface area contributed by atoms with Gasteiger partial charge in [0.2, 0.25) is 0 Å². The molecule has 1 aromatic carbocycles. The van der Waals surface area contributed by atoms with Crippen molar-refractivity contribution in [3.8, 4) is 0 Å². The first-order chi connectivity index (χ1) is 7.18. The Labute approximate surface area is 109 Å². The summed E-state index contributed by atoms with van der Waals surface area (Å²) in [6, 6.07) is 11.6. The van der Waals surface area contributed by atoms with Crippen LogP contribution < -0.4 is 0 Å². The van der Waals surface area contributed by atoms with E-state index < -0.39 is 6.10 Å². The third-order valence-corrected chi connectivity index (χ3v) is 5.36. The van der Waals surface area contributed by atoms with Crippen molar-refractivity contribution in [3.05, 3.63) is 55.1 Å². The molecule has 15 heavy (non-hydrogen) atoms. The first-order valence-corrected chi connectivity index (χ1v) is 6.76. The molecule has 1 nitrogen and oxygen atoms in total. The second-order valence-corrected chi connectivity index (χ2v) is 6.34. The first kappa shape index (κ1) is 11.3. The van der Waals surface area contributed by atoms with E-state index in [9.17, 15) is 5.11 Å². The van der Waals surface area contributed by atoms with Crippen molar-refractivity contribution in [2.75, 3.05) is 0 Å². The van der Waals surface area contributed by atoms with Crippen molar-refractivity contribution < 1.29 is 5.11 Å². The van der Waals surface area contributed by atoms with Crippen molar-refractivity contribution in [2.24, 2.45) is 0 Å². The van der Waals surface area contributed by atoms with Crippen LogP contribution >= 0.6 is 43.2 Å². The van der Waals surface area contributed by atoms with E-state index in [1.54, 1.807) is 0 Å². The van der Waals surface area contributed by atoms with Gasteiger partial charge in [-0.25, -0.2) is 0 Å². The number of benzene rings is 1. The molecule has 0 aliphatic rings. The van der Waals surface area contributed by atoms with Crippen molar-refractivity contribution in [3.63, 3.8) is 0 Å². The SMILES string of the molecule is OC(c1ccccc1)c1cc(Br)c(Br)s1. The topological polar surface area (TPSA) is 20.2 Å². The summed E-state index contributed by atoms with van der Waals surface area (Å²) in [5.74, 6) is 0. The average molecular weight is 348 g/mol. The molecule has 1 aromatic heterocycles. The fourth-order valence-electron chi connectivity index (χ4n) is 1.30. The highest BCUT2D eigenvalue weighted by Gasteiger charge is 2.14. The smallest absolute Gasteiger partial charge is 0.113 e. The maximum atomic E-state index is 10.1. The largest absolute Gasteiger partial charge is 0.383 e. The van der Waals surface area contributed by atoms with Crippen LogP contribution in [0.3, 0.4) is 0 Å². The van der Waals surface area contributed by atoms with Crippen LogP contribution in [-0.2, 0) is 0 Å². The molecule has 1 unspecified atom stereocenters. The number of hydrogen-bond acceptors (Lipinski definition) is 2. The summed E-state index contributed by atoms with van der Waals surface area (Å²) in [6.07, 6.45) is -0.543. The predicted molar refractivity (Wildman–Crippen MR) is 70.2 cm³/mol. The van der Waals surface area contributed by atoms with Crippen LogP contribution in [0.1, 0.15) is 16.5 Å². The van der Waals surface area contributed by atoms with Gasteiger partial charge in [0.1, 0.15) is 6.10 Å². The Morgan fingerprint density at radius 2 is 1.80 bits per heavy atom. The highest BCUT2D eigenvalue weighted by atomic mass is 79.9. The molecule has 78 valence electrons. The minimum absolute atomic E-state index is 0.543. The standard InChI is InChI=1S/C11H8Br2OS/c12-8-6-9(15-11(8)13)10(14)7-4-2-1-3-5-7/h1-6,10,14H. The summed E-state index contributed by atoms with van der Waals surface area (Å²) in [6.45, 7) is 0. The predicted octanol–water partition coefficient (Wildman–Crippen LogP) is 4.35. The van der Waals surface area contributed by atoms with E-state index in [-0.39, 0.29) is 0 Å². The molecule has 0 aliphatic carbocycles. The summed E-state index contributed by atoms with van der Waals surface area (Å²) in [4.78, 5) is 0.931. The summed E-state index contributed by atoms with van der Waals surface area (Å²) >= 11 is 8.36. The first-order valence-electron chi connectivity index (χ1n) is 4.36. The van der Waals surface area contributed by atoms with Crippen LogP contribution in [0.2, 0.25) is 0 Å². The maximum absolute atomic E-state index is 10.1. The lowest BCUT2D eigenvalue weighted by atomic mass is 10.1. The molecule has 2 aromatic rings. The molecular weight excluding hydrogens is 340 g/mol. The van der Waals surface area contributed by atoms with Crippen LogP contribution in [0, 0.1) is 0 Å². The summed E-state index contributed by atoms with van der Waals surface area (Å²) < 4.78 is 1.99. The Bertz CT molecular complexity index is 433. The Morgan fingerprint density at radius 3 is 2.33 bits per heavy atom. The van der Waals surface area contributed by atoms with Gasteiger partial charge in [-0.15, -0.1) is 11.3 Å². The van der Waals surface area contributed by atoms with E-state index in [4.69, 9.17) is 0 Å². The number of halogens is 2. The van der Waals surface area contributed by atoms with E-state index in [0.29, 0.717) is 0 Å². The van der Waals surface area contributed by atoms with Crippen molar-refractivity contribution >= 4 is 43.2 Å². The Hall–Kier alpha value is -0.160. The molecule has 0 saturated carbocycles.